The van der Waals surface area contributed by atoms with Gasteiger partial charge in [0.05, 0.1) is 58.0 Å². The number of rotatable bonds is 11. The smallest absolute Gasteiger partial charge is 0.407 e. The van der Waals surface area contributed by atoms with E-state index in [-0.39, 0.29) is 36.4 Å². The van der Waals surface area contributed by atoms with Crippen LogP contribution in [0.15, 0.2) is 108 Å². The van der Waals surface area contributed by atoms with E-state index in [0.29, 0.717) is 44.0 Å². The molecule has 0 radical (unpaired) electrons. The van der Waals surface area contributed by atoms with Crippen LogP contribution in [-0.4, -0.2) is 108 Å². The highest BCUT2D eigenvalue weighted by atomic mass is 16.7. The molecule has 5 heterocycles. The average molecular weight is 880 g/mol. The number of nitrogens with zero attached hydrogens (tertiary/aromatic N) is 4. The van der Waals surface area contributed by atoms with Gasteiger partial charge in [-0.3, -0.25) is 14.6 Å². The predicted octanol–water partition coefficient (Wildman–Crippen LogP) is 7.57. The van der Waals surface area contributed by atoms with Crippen molar-refractivity contribution in [1.82, 2.24) is 30.4 Å². The maximum Gasteiger partial charge on any atom is 0.407 e. The number of carbonyl (C=O) groups excluding carboxylic acids is 4. The van der Waals surface area contributed by atoms with Gasteiger partial charge in [0, 0.05) is 36.9 Å². The molecule has 1 spiro atoms. The summed E-state index contributed by atoms with van der Waals surface area (Å²) in [5, 5.41) is 7.61. The Morgan fingerprint density at radius 3 is 2.15 bits per heavy atom. The molecular weight excluding hydrogens is 827 g/mol. The fourth-order valence-corrected chi connectivity index (χ4v) is 9.49. The van der Waals surface area contributed by atoms with Crippen LogP contribution in [0.3, 0.4) is 0 Å². The molecule has 0 saturated carbocycles. The molecule has 4 aliphatic heterocycles. The van der Waals surface area contributed by atoms with Crippen molar-refractivity contribution in [1.29, 1.82) is 0 Å². The highest BCUT2D eigenvalue weighted by molar-refractivity contribution is 6.04. The van der Waals surface area contributed by atoms with Crippen LogP contribution >= 0.6 is 0 Å². The Morgan fingerprint density at radius 1 is 0.785 bits per heavy atom. The van der Waals surface area contributed by atoms with Gasteiger partial charge in [-0.05, 0) is 69.5 Å². The Hall–Kier alpha value is -6.84. The molecule has 4 aliphatic rings. The van der Waals surface area contributed by atoms with Crippen molar-refractivity contribution in [2.75, 3.05) is 40.5 Å². The summed E-state index contributed by atoms with van der Waals surface area (Å²) >= 11 is 0. The molecule has 0 unspecified atom stereocenters. The van der Waals surface area contributed by atoms with E-state index in [1.54, 1.807) is 9.80 Å². The van der Waals surface area contributed by atoms with Gasteiger partial charge in [-0.1, -0.05) is 92.7 Å². The minimum atomic E-state index is -0.897. The number of likely N-dealkylation sites (tertiary alicyclic amines) is 2. The van der Waals surface area contributed by atoms with Crippen LogP contribution < -0.4 is 10.6 Å². The Balaban J connectivity index is 0.864. The zero-order valence-electron chi connectivity index (χ0n) is 36.9. The van der Waals surface area contributed by atoms with Gasteiger partial charge >= 0.3 is 12.2 Å². The van der Waals surface area contributed by atoms with Crippen LogP contribution in [0.4, 0.5) is 9.59 Å². The number of nitrogens with one attached hydrogen (secondary N) is 3. The lowest BCUT2D eigenvalue weighted by Gasteiger charge is -2.31. The Kier molecular flexibility index (Phi) is 12.2. The van der Waals surface area contributed by atoms with Gasteiger partial charge in [0.2, 0.25) is 5.91 Å². The highest BCUT2D eigenvalue weighted by Crippen LogP contribution is 2.40. The molecule has 15 heteroatoms. The molecule has 3 fully saturated rings. The summed E-state index contributed by atoms with van der Waals surface area (Å²) in [5.41, 5.74) is 7.62. The van der Waals surface area contributed by atoms with Crippen molar-refractivity contribution in [2.45, 2.75) is 69.5 Å². The van der Waals surface area contributed by atoms with Crippen LogP contribution in [0.2, 0.25) is 0 Å². The summed E-state index contributed by atoms with van der Waals surface area (Å²) < 4.78 is 21.8. The molecule has 5 aromatic rings. The number of amides is 4. The minimum absolute atomic E-state index is 0.173. The van der Waals surface area contributed by atoms with Crippen molar-refractivity contribution in [3.05, 3.63) is 120 Å². The fraction of sp³-hybridized carbons (Fsp3) is 0.360. The van der Waals surface area contributed by atoms with Gasteiger partial charge in [-0.15, -0.1) is 0 Å². The standard InChI is InChI=1S/C50H53N7O8/c1-30(2)43(54-48(60)62-3)46(58)57-29-50(64-21-22-65-50)26-42(57)39-25-38(27-51-39)32-14-12-31(13-15-32)34-16-17-36-24-37(19-18-35(36)23-34)40-28-52-45(53-40)41-11-8-20-56(41)47(59)44(55-49(61)63-4)33-9-6-5-7-10-33/h5-7,9-10,12-19,23-24,27-28,30,41-44H,8,11,20-22,25-26,29H2,1-4H3,(H,52,53)(H,54,60)(H,55,61)/t41-,42-,43-,44+/m0/s1. The molecule has 1 aromatic heterocycles. The van der Waals surface area contributed by atoms with Crippen LogP contribution in [0.1, 0.15) is 68.6 Å². The first kappa shape index (κ1) is 43.4. The zero-order valence-corrected chi connectivity index (χ0v) is 36.9. The number of alkyl carbamates (subject to hydrolysis) is 2. The first-order chi connectivity index (χ1) is 31.5. The second-order valence-corrected chi connectivity index (χ2v) is 17.3. The van der Waals surface area contributed by atoms with Crippen LogP contribution in [0.25, 0.3) is 38.7 Å². The average Bonchev–Trinajstić information content (AvgIpc) is 4.21. The van der Waals surface area contributed by atoms with Crippen molar-refractivity contribution in [2.24, 2.45) is 10.9 Å². The third kappa shape index (κ3) is 8.85. The number of hydrogen-bond donors (Lipinski definition) is 3. The van der Waals surface area contributed by atoms with Gasteiger partial charge in [0.1, 0.15) is 17.9 Å². The summed E-state index contributed by atoms with van der Waals surface area (Å²) in [5.74, 6) is -0.804. The lowest BCUT2D eigenvalue weighted by Crippen LogP contribution is -2.54. The second-order valence-electron chi connectivity index (χ2n) is 17.3. The van der Waals surface area contributed by atoms with Crippen molar-refractivity contribution in [3.63, 3.8) is 0 Å². The number of allylic oxidation sites excluding steroid dienone is 1. The molecule has 4 atom stereocenters. The number of H-pyrrole nitrogens is 1. The second kappa shape index (κ2) is 18.3. The molecule has 65 heavy (non-hydrogen) atoms. The quantitative estimate of drug-likeness (QED) is 0.121. The number of benzene rings is 4. The maximum atomic E-state index is 14.0. The molecule has 15 nitrogen and oxygen atoms in total. The normalized spacial score (nSPS) is 19.9. The van der Waals surface area contributed by atoms with Gasteiger partial charge in [0.15, 0.2) is 5.79 Å². The lowest BCUT2D eigenvalue weighted by molar-refractivity contribution is -0.153. The topological polar surface area (TPSA) is 177 Å². The number of fused-ring (bicyclic) bond motifs is 1. The first-order valence-electron chi connectivity index (χ1n) is 22.1. The maximum absolute atomic E-state index is 14.0. The Bertz CT molecular complexity index is 2650. The van der Waals surface area contributed by atoms with Crippen LogP contribution in [-0.2, 0) is 28.5 Å². The zero-order chi connectivity index (χ0) is 45.2. The number of aliphatic imine (C=N–C) groups is 1. The third-order valence-corrected chi connectivity index (χ3v) is 12.9. The molecule has 3 N–H and O–H groups in total. The van der Waals surface area contributed by atoms with E-state index in [2.05, 4.69) is 76.3 Å². The number of ether oxygens (including phenoxy) is 4. The number of hydrogen-bond acceptors (Lipinski definition) is 10. The third-order valence-electron chi connectivity index (χ3n) is 12.9. The van der Waals surface area contributed by atoms with E-state index in [4.69, 9.17) is 28.9 Å². The van der Waals surface area contributed by atoms with E-state index in [9.17, 15) is 19.2 Å². The molecular formula is C50H53N7O8. The summed E-state index contributed by atoms with van der Waals surface area (Å²) in [6.45, 7) is 5.49. The molecule has 9 rings (SSSR count). The molecule has 4 aromatic carbocycles. The molecule has 336 valence electrons. The van der Waals surface area contributed by atoms with E-state index < -0.39 is 30.1 Å². The summed E-state index contributed by atoms with van der Waals surface area (Å²) in [6.07, 6.45) is 4.96. The minimum Gasteiger partial charge on any atom is -0.453 e. The van der Waals surface area contributed by atoms with E-state index in [0.717, 1.165) is 62.8 Å². The summed E-state index contributed by atoms with van der Waals surface area (Å²) in [7, 11) is 2.56. The Morgan fingerprint density at radius 2 is 1.45 bits per heavy atom. The van der Waals surface area contributed by atoms with Gasteiger partial charge in [-0.25, -0.2) is 14.6 Å². The van der Waals surface area contributed by atoms with Crippen LogP contribution in [0.5, 0.6) is 0 Å². The SMILES string of the molecule is COC(=O)N[C@H](C(=O)N1CC2(C[C@H]1C1=NC=C(c3ccc(-c4ccc5cc(-c6cnc([C@@H]7CCCN7C(=O)[C@H](NC(=O)OC)c7ccccc7)[nH]6)ccc5c4)cc3)C1)OCCO2)C(C)C. The van der Waals surface area contributed by atoms with E-state index in [1.807, 2.05) is 56.6 Å². The lowest BCUT2D eigenvalue weighted by atomic mass is 9.95. The van der Waals surface area contributed by atoms with Crippen LogP contribution in [0, 0.1) is 5.92 Å². The first-order valence-corrected chi connectivity index (χ1v) is 22.1. The molecule has 4 amide bonds. The number of aromatic nitrogens is 2. The molecule has 3 saturated heterocycles. The Labute approximate surface area is 377 Å². The molecule has 0 bridgehead atoms. The number of methoxy groups -OCH3 is 2. The number of aromatic amines is 1. The monoisotopic (exact) mass is 879 g/mol. The summed E-state index contributed by atoms with van der Waals surface area (Å²) in [6, 6.07) is 28.1. The van der Waals surface area contributed by atoms with Crippen molar-refractivity contribution < 1.29 is 38.1 Å². The fourth-order valence-electron chi connectivity index (χ4n) is 9.49. The molecule has 0 aliphatic carbocycles. The van der Waals surface area contributed by atoms with E-state index >= 15 is 0 Å². The highest BCUT2D eigenvalue weighted by Gasteiger charge is 2.53. The number of carbonyl (C=O) groups is 4. The number of imidazole rings is 1. The van der Waals surface area contributed by atoms with Gasteiger partial charge in [-0.2, -0.15) is 0 Å². The largest absolute Gasteiger partial charge is 0.453 e. The van der Waals surface area contributed by atoms with E-state index in [1.165, 1.54) is 14.2 Å². The van der Waals surface area contributed by atoms with Crippen molar-refractivity contribution >= 4 is 46.1 Å². The van der Waals surface area contributed by atoms with Gasteiger partial charge < -0.3 is 44.4 Å². The predicted molar refractivity (Wildman–Crippen MR) is 244 cm³/mol. The van der Waals surface area contributed by atoms with Gasteiger partial charge in [0.25, 0.3) is 5.91 Å². The van der Waals surface area contributed by atoms with Crippen molar-refractivity contribution in [3.8, 4) is 22.4 Å². The summed E-state index contributed by atoms with van der Waals surface area (Å²) in [4.78, 5) is 69.1.